The van der Waals surface area contributed by atoms with Gasteiger partial charge in [-0.2, -0.15) is 0 Å². The van der Waals surface area contributed by atoms with Crippen molar-refractivity contribution in [1.29, 1.82) is 0 Å². The zero-order valence-corrected chi connectivity index (χ0v) is 20.0. The smallest absolute Gasteiger partial charge is 0.219 e. The Bertz CT molecular complexity index is 987. The molecule has 1 unspecified atom stereocenters. The third kappa shape index (κ3) is 6.36. The van der Waals surface area contributed by atoms with E-state index in [1.807, 2.05) is 29.2 Å². The highest BCUT2D eigenvalue weighted by atomic mass is 16.5. The van der Waals surface area contributed by atoms with E-state index in [1.54, 1.807) is 6.92 Å². The number of aliphatic hydroxyl groups is 1. The van der Waals surface area contributed by atoms with Crippen LogP contribution in [0.2, 0.25) is 0 Å². The van der Waals surface area contributed by atoms with E-state index in [0.717, 1.165) is 38.3 Å². The second kappa shape index (κ2) is 11.5. The topological polar surface area (TPSA) is 73.3 Å². The maximum absolute atomic E-state index is 12.5. The Balaban J connectivity index is 1.21. The number of anilines is 1. The number of piperazine rings is 1. The lowest BCUT2D eigenvalue weighted by Gasteiger charge is -2.36. The van der Waals surface area contributed by atoms with Crippen LogP contribution in [0.5, 0.6) is 5.75 Å². The van der Waals surface area contributed by atoms with Gasteiger partial charge in [0.05, 0.1) is 11.8 Å². The molecule has 0 bridgehead atoms. The number of para-hydroxylation sites is 2. The number of benzene rings is 2. The van der Waals surface area contributed by atoms with Gasteiger partial charge < -0.3 is 19.6 Å². The van der Waals surface area contributed by atoms with Crippen molar-refractivity contribution in [3.05, 3.63) is 59.7 Å². The van der Waals surface area contributed by atoms with Crippen molar-refractivity contribution in [2.24, 2.45) is 0 Å². The molecular formula is C27H35N3O4. The first-order valence-corrected chi connectivity index (χ1v) is 12.2. The standard InChI is InChI=1S/C27H35N3O4/c1-21(31)29-14-16-30(17-15-29)26-8-4-5-9-27(26)34-20-25(33)11-10-24(32)19-28-13-12-22-6-2-3-7-23(22)18-28/h2-9,24,32H,10-20H2,1H3. The number of aliphatic hydroxyl groups excluding tert-OH is 1. The van der Waals surface area contributed by atoms with Crippen LogP contribution in [-0.4, -0.2) is 78.6 Å². The van der Waals surface area contributed by atoms with Gasteiger partial charge in [-0.1, -0.05) is 36.4 Å². The average Bonchev–Trinajstić information content (AvgIpc) is 2.86. The van der Waals surface area contributed by atoms with Crippen molar-refractivity contribution in [2.45, 2.75) is 38.8 Å². The van der Waals surface area contributed by atoms with Crippen molar-refractivity contribution in [3.63, 3.8) is 0 Å². The van der Waals surface area contributed by atoms with Crippen molar-refractivity contribution < 1.29 is 19.4 Å². The molecule has 1 fully saturated rings. The zero-order valence-electron chi connectivity index (χ0n) is 20.0. The summed E-state index contributed by atoms with van der Waals surface area (Å²) in [6.07, 6.45) is 1.21. The quantitative estimate of drug-likeness (QED) is 0.614. The van der Waals surface area contributed by atoms with E-state index in [-0.39, 0.29) is 18.3 Å². The van der Waals surface area contributed by atoms with E-state index in [1.165, 1.54) is 11.1 Å². The summed E-state index contributed by atoms with van der Waals surface area (Å²) in [5.74, 6) is 0.765. The van der Waals surface area contributed by atoms with Gasteiger partial charge >= 0.3 is 0 Å². The molecule has 2 aliphatic heterocycles. The molecule has 7 heteroatoms. The summed E-state index contributed by atoms with van der Waals surface area (Å²) in [4.78, 5) is 30.4. The summed E-state index contributed by atoms with van der Waals surface area (Å²) in [5.41, 5.74) is 3.66. The molecule has 1 saturated heterocycles. The Morgan fingerprint density at radius 2 is 1.68 bits per heavy atom. The van der Waals surface area contributed by atoms with E-state index in [2.05, 4.69) is 34.1 Å². The molecule has 1 N–H and O–H groups in total. The Hall–Kier alpha value is -2.90. The predicted octanol–water partition coefficient (Wildman–Crippen LogP) is 2.50. The second-order valence-electron chi connectivity index (χ2n) is 9.23. The number of nitrogens with zero attached hydrogens (tertiary/aromatic N) is 3. The Labute approximate surface area is 201 Å². The Morgan fingerprint density at radius 3 is 2.44 bits per heavy atom. The third-order valence-electron chi connectivity index (χ3n) is 6.75. The molecule has 34 heavy (non-hydrogen) atoms. The second-order valence-corrected chi connectivity index (χ2v) is 9.23. The fourth-order valence-electron chi connectivity index (χ4n) is 4.76. The number of Topliss-reactive ketones (excluding diaryl/α,β-unsaturated/α-hetero) is 1. The molecular weight excluding hydrogens is 430 g/mol. The van der Waals surface area contributed by atoms with Gasteiger partial charge in [0.1, 0.15) is 12.4 Å². The molecule has 0 aromatic heterocycles. The molecule has 0 saturated carbocycles. The van der Waals surface area contributed by atoms with E-state index in [4.69, 9.17) is 4.74 Å². The van der Waals surface area contributed by atoms with Crippen LogP contribution >= 0.6 is 0 Å². The lowest BCUT2D eigenvalue weighted by molar-refractivity contribution is -0.129. The summed E-state index contributed by atoms with van der Waals surface area (Å²) in [6.45, 7) is 6.80. The summed E-state index contributed by atoms with van der Waals surface area (Å²) in [5, 5.41) is 10.5. The number of hydrogen-bond acceptors (Lipinski definition) is 6. The van der Waals surface area contributed by atoms with Gasteiger partial charge in [-0.15, -0.1) is 0 Å². The molecule has 2 aliphatic rings. The minimum atomic E-state index is -0.529. The van der Waals surface area contributed by atoms with Crippen LogP contribution in [0.25, 0.3) is 0 Å². The lowest BCUT2D eigenvalue weighted by atomic mass is 9.99. The molecule has 0 aliphatic carbocycles. The zero-order chi connectivity index (χ0) is 23.9. The molecule has 0 spiro atoms. The van der Waals surface area contributed by atoms with E-state index < -0.39 is 6.10 Å². The third-order valence-corrected chi connectivity index (χ3v) is 6.75. The minimum Gasteiger partial charge on any atom is -0.484 e. The van der Waals surface area contributed by atoms with E-state index >= 15 is 0 Å². The van der Waals surface area contributed by atoms with Crippen LogP contribution in [0.4, 0.5) is 5.69 Å². The maximum atomic E-state index is 12.5. The van der Waals surface area contributed by atoms with Crippen LogP contribution in [-0.2, 0) is 22.6 Å². The highest BCUT2D eigenvalue weighted by Gasteiger charge is 2.22. The monoisotopic (exact) mass is 465 g/mol. The molecule has 0 radical (unpaired) electrons. The number of amides is 1. The summed E-state index contributed by atoms with van der Waals surface area (Å²) < 4.78 is 5.88. The summed E-state index contributed by atoms with van der Waals surface area (Å²) >= 11 is 0. The number of ether oxygens (including phenoxy) is 1. The number of fused-ring (bicyclic) bond motifs is 1. The Kier molecular flexibility index (Phi) is 8.19. The van der Waals surface area contributed by atoms with Gasteiger partial charge in [-0.25, -0.2) is 0 Å². The van der Waals surface area contributed by atoms with Crippen LogP contribution < -0.4 is 9.64 Å². The number of β-amino-alcohol motifs (C(OH)–C–C–N with tert-alkyl or cyclic N) is 1. The molecule has 2 aromatic rings. The van der Waals surface area contributed by atoms with Gasteiger partial charge in [0, 0.05) is 59.2 Å². The van der Waals surface area contributed by atoms with Crippen molar-refractivity contribution in [3.8, 4) is 5.75 Å². The van der Waals surface area contributed by atoms with Gasteiger partial charge in [-0.3, -0.25) is 14.5 Å². The number of ketones is 1. The van der Waals surface area contributed by atoms with Crippen LogP contribution in [0.15, 0.2) is 48.5 Å². The van der Waals surface area contributed by atoms with Gasteiger partial charge in [0.15, 0.2) is 5.78 Å². The largest absolute Gasteiger partial charge is 0.484 e. The fraction of sp³-hybridized carbons (Fsp3) is 0.481. The van der Waals surface area contributed by atoms with Crippen molar-refractivity contribution in [2.75, 3.05) is 50.8 Å². The molecule has 1 amide bonds. The average molecular weight is 466 g/mol. The lowest BCUT2D eigenvalue weighted by Crippen LogP contribution is -2.48. The van der Waals surface area contributed by atoms with Gasteiger partial charge in [0.2, 0.25) is 5.91 Å². The molecule has 7 nitrogen and oxygen atoms in total. The predicted molar refractivity (Wildman–Crippen MR) is 132 cm³/mol. The van der Waals surface area contributed by atoms with Gasteiger partial charge in [0.25, 0.3) is 0 Å². The number of hydrogen-bond donors (Lipinski definition) is 1. The summed E-state index contributed by atoms with van der Waals surface area (Å²) in [6, 6.07) is 16.2. The first-order valence-electron chi connectivity index (χ1n) is 12.2. The highest BCUT2D eigenvalue weighted by Crippen LogP contribution is 2.29. The number of carbonyl (C=O) groups excluding carboxylic acids is 2. The van der Waals surface area contributed by atoms with Crippen molar-refractivity contribution in [1.82, 2.24) is 9.80 Å². The highest BCUT2D eigenvalue weighted by molar-refractivity contribution is 5.80. The Morgan fingerprint density at radius 1 is 0.971 bits per heavy atom. The minimum absolute atomic E-state index is 0.00572. The summed E-state index contributed by atoms with van der Waals surface area (Å²) in [7, 11) is 0. The van der Waals surface area contributed by atoms with Crippen LogP contribution in [0.3, 0.4) is 0 Å². The van der Waals surface area contributed by atoms with Crippen LogP contribution in [0, 0.1) is 0 Å². The molecule has 2 heterocycles. The van der Waals surface area contributed by atoms with Gasteiger partial charge in [-0.05, 0) is 36.1 Å². The molecule has 4 rings (SSSR count). The SMILES string of the molecule is CC(=O)N1CCN(c2ccccc2OCC(=O)CCC(O)CN2CCc3ccccc3C2)CC1. The fourth-order valence-corrected chi connectivity index (χ4v) is 4.76. The number of rotatable bonds is 9. The molecule has 1 atom stereocenters. The van der Waals surface area contributed by atoms with E-state index in [0.29, 0.717) is 38.2 Å². The normalized spacial score (nSPS) is 17.2. The molecule has 2 aromatic carbocycles. The molecule has 182 valence electrons. The van der Waals surface area contributed by atoms with Crippen molar-refractivity contribution >= 4 is 17.4 Å². The first kappa shape index (κ1) is 24.2. The van der Waals surface area contributed by atoms with E-state index in [9.17, 15) is 14.7 Å². The number of carbonyl (C=O) groups is 2. The first-order chi connectivity index (χ1) is 16.5. The maximum Gasteiger partial charge on any atom is 0.219 e. The van der Waals surface area contributed by atoms with Crippen LogP contribution in [0.1, 0.15) is 30.9 Å².